The molecule has 1 heterocycles. The number of carbonyl (C=O) groups excluding carboxylic acids is 1. The molecule has 1 aromatic rings. The number of piperazine rings is 1. The van der Waals surface area contributed by atoms with E-state index in [9.17, 15) is 4.79 Å². The SMILES string of the molecule is COc1ccc(C(C(N)=O)N2CCNCC2)c(OC)c1. The molecule has 6 heteroatoms. The Labute approximate surface area is 118 Å². The summed E-state index contributed by atoms with van der Waals surface area (Å²) in [6.07, 6.45) is 0. The van der Waals surface area contributed by atoms with Crippen LogP contribution in [0.1, 0.15) is 11.6 Å². The Morgan fingerprint density at radius 3 is 2.55 bits per heavy atom. The molecule has 0 saturated carbocycles. The van der Waals surface area contributed by atoms with Gasteiger partial charge in [0.1, 0.15) is 17.5 Å². The molecule has 0 radical (unpaired) electrons. The van der Waals surface area contributed by atoms with Gasteiger partial charge >= 0.3 is 0 Å². The van der Waals surface area contributed by atoms with E-state index in [1.165, 1.54) is 0 Å². The fourth-order valence-corrected chi connectivity index (χ4v) is 2.51. The van der Waals surface area contributed by atoms with E-state index in [-0.39, 0.29) is 5.91 Å². The van der Waals surface area contributed by atoms with Crippen LogP contribution in [-0.2, 0) is 4.79 Å². The van der Waals surface area contributed by atoms with Crippen molar-refractivity contribution in [1.82, 2.24) is 10.2 Å². The number of hydrogen-bond donors (Lipinski definition) is 2. The average Bonchev–Trinajstić information content (AvgIpc) is 2.48. The summed E-state index contributed by atoms with van der Waals surface area (Å²) in [6, 6.07) is 4.96. The van der Waals surface area contributed by atoms with Crippen molar-refractivity contribution < 1.29 is 14.3 Å². The van der Waals surface area contributed by atoms with Gasteiger partial charge in [-0.2, -0.15) is 0 Å². The second kappa shape index (κ2) is 6.58. The lowest BCUT2D eigenvalue weighted by Gasteiger charge is -2.33. The summed E-state index contributed by atoms with van der Waals surface area (Å²) < 4.78 is 10.6. The molecule has 0 aromatic heterocycles. The van der Waals surface area contributed by atoms with E-state index in [4.69, 9.17) is 15.2 Å². The van der Waals surface area contributed by atoms with Gasteiger partial charge in [-0.15, -0.1) is 0 Å². The lowest BCUT2D eigenvalue weighted by molar-refractivity contribution is -0.123. The van der Waals surface area contributed by atoms with Crippen molar-refractivity contribution in [3.63, 3.8) is 0 Å². The van der Waals surface area contributed by atoms with E-state index >= 15 is 0 Å². The first-order valence-electron chi connectivity index (χ1n) is 6.63. The van der Waals surface area contributed by atoms with Crippen LogP contribution in [0.3, 0.4) is 0 Å². The zero-order valence-electron chi connectivity index (χ0n) is 11.9. The number of rotatable bonds is 5. The number of nitrogens with one attached hydrogen (secondary N) is 1. The quantitative estimate of drug-likeness (QED) is 0.801. The summed E-state index contributed by atoms with van der Waals surface area (Å²) >= 11 is 0. The molecular formula is C14H21N3O3. The zero-order valence-corrected chi connectivity index (χ0v) is 11.9. The second-order valence-corrected chi connectivity index (χ2v) is 4.70. The smallest absolute Gasteiger partial charge is 0.239 e. The molecule has 0 bridgehead atoms. The largest absolute Gasteiger partial charge is 0.497 e. The topological polar surface area (TPSA) is 76.8 Å². The van der Waals surface area contributed by atoms with Crippen LogP contribution < -0.4 is 20.5 Å². The third kappa shape index (κ3) is 3.02. The van der Waals surface area contributed by atoms with Crippen LogP contribution in [0.4, 0.5) is 0 Å². The van der Waals surface area contributed by atoms with Crippen LogP contribution in [0.15, 0.2) is 18.2 Å². The summed E-state index contributed by atoms with van der Waals surface area (Å²) in [4.78, 5) is 14.0. The number of nitrogens with zero attached hydrogens (tertiary/aromatic N) is 1. The Bertz CT molecular complexity index is 473. The minimum atomic E-state index is -0.474. The van der Waals surface area contributed by atoms with Crippen molar-refractivity contribution in [2.75, 3.05) is 40.4 Å². The molecule has 1 unspecified atom stereocenters. The molecule has 6 nitrogen and oxygen atoms in total. The average molecular weight is 279 g/mol. The first-order valence-corrected chi connectivity index (χ1v) is 6.63. The Morgan fingerprint density at radius 2 is 2.00 bits per heavy atom. The summed E-state index contributed by atoms with van der Waals surface area (Å²) in [7, 11) is 3.17. The number of ether oxygens (including phenoxy) is 2. The van der Waals surface area contributed by atoms with Gasteiger partial charge in [0.25, 0.3) is 0 Å². The van der Waals surface area contributed by atoms with Crippen molar-refractivity contribution in [2.45, 2.75) is 6.04 Å². The maximum Gasteiger partial charge on any atom is 0.239 e. The van der Waals surface area contributed by atoms with Crippen LogP contribution in [0.2, 0.25) is 0 Å². The number of carbonyl (C=O) groups is 1. The van der Waals surface area contributed by atoms with Crippen molar-refractivity contribution >= 4 is 5.91 Å². The lowest BCUT2D eigenvalue weighted by Crippen LogP contribution is -2.48. The number of primary amides is 1. The van der Waals surface area contributed by atoms with Crippen molar-refractivity contribution in [3.8, 4) is 11.5 Å². The van der Waals surface area contributed by atoms with Crippen molar-refractivity contribution in [1.29, 1.82) is 0 Å². The van der Waals surface area contributed by atoms with Gasteiger partial charge in [0.05, 0.1) is 14.2 Å². The van der Waals surface area contributed by atoms with Crippen LogP contribution in [0, 0.1) is 0 Å². The molecule has 1 amide bonds. The third-order valence-corrected chi connectivity index (χ3v) is 3.52. The second-order valence-electron chi connectivity index (χ2n) is 4.70. The Balaban J connectivity index is 2.35. The van der Waals surface area contributed by atoms with Gasteiger partial charge in [-0.3, -0.25) is 9.69 Å². The molecule has 1 saturated heterocycles. The minimum absolute atomic E-state index is 0.365. The number of hydrogen-bond acceptors (Lipinski definition) is 5. The van der Waals surface area contributed by atoms with Crippen molar-refractivity contribution in [3.05, 3.63) is 23.8 Å². The van der Waals surface area contributed by atoms with E-state index < -0.39 is 6.04 Å². The normalized spacial score (nSPS) is 17.5. The van der Waals surface area contributed by atoms with Gasteiger partial charge in [0, 0.05) is 37.8 Å². The Morgan fingerprint density at radius 1 is 1.30 bits per heavy atom. The Hall–Kier alpha value is -1.79. The lowest BCUT2D eigenvalue weighted by atomic mass is 10.0. The highest BCUT2D eigenvalue weighted by Gasteiger charge is 2.29. The molecule has 0 spiro atoms. The van der Waals surface area contributed by atoms with Gasteiger partial charge in [0.2, 0.25) is 5.91 Å². The zero-order chi connectivity index (χ0) is 14.5. The fourth-order valence-electron chi connectivity index (χ4n) is 2.51. The van der Waals surface area contributed by atoms with Gasteiger partial charge < -0.3 is 20.5 Å². The van der Waals surface area contributed by atoms with Crippen LogP contribution in [0.25, 0.3) is 0 Å². The van der Waals surface area contributed by atoms with Gasteiger partial charge in [-0.05, 0) is 12.1 Å². The first kappa shape index (κ1) is 14.6. The van der Waals surface area contributed by atoms with E-state index in [1.807, 2.05) is 12.1 Å². The third-order valence-electron chi connectivity index (χ3n) is 3.52. The molecule has 3 N–H and O–H groups in total. The molecule has 1 aliphatic heterocycles. The molecule has 1 fully saturated rings. The number of nitrogens with two attached hydrogens (primary N) is 1. The van der Waals surface area contributed by atoms with E-state index in [0.717, 1.165) is 31.7 Å². The summed E-state index contributed by atoms with van der Waals surface area (Å²) in [5, 5.41) is 3.26. The number of amides is 1. The highest BCUT2D eigenvalue weighted by atomic mass is 16.5. The van der Waals surface area contributed by atoms with Gasteiger partial charge in [0.15, 0.2) is 0 Å². The fraction of sp³-hybridized carbons (Fsp3) is 0.500. The van der Waals surface area contributed by atoms with Crippen LogP contribution in [0.5, 0.6) is 11.5 Å². The summed E-state index contributed by atoms with van der Waals surface area (Å²) in [5.41, 5.74) is 6.39. The molecule has 0 aliphatic carbocycles. The summed E-state index contributed by atoms with van der Waals surface area (Å²) in [5.74, 6) is 0.941. The van der Waals surface area contributed by atoms with Gasteiger partial charge in [-0.1, -0.05) is 0 Å². The van der Waals surface area contributed by atoms with Crippen LogP contribution >= 0.6 is 0 Å². The van der Waals surface area contributed by atoms with E-state index in [1.54, 1.807) is 20.3 Å². The molecule has 1 aromatic carbocycles. The minimum Gasteiger partial charge on any atom is -0.497 e. The van der Waals surface area contributed by atoms with Crippen LogP contribution in [-0.4, -0.2) is 51.2 Å². The monoisotopic (exact) mass is 279 g/mol. The highest BCUT2D eigenvalue weighted by molar-refractivity contribution is 5.82. The summed E-state index contributed by atoms with van der Waals surface area (Å²) in [6.45, 7) is 3.26. The molecule has 1 atom stereocenters. The maximum atomic E-state index is 11.9. The Kier molecular flexibility index (Phi) is 4.81. The molecule has 20 heavy (non-hydrogen) atoms. The number of benzene rings is 1. The molecule has 2 rings (SSSR count). The molecule has 1 aliphatic rings. The standard InChI is InChI=1S/C14H21N3O3/c1-19-10-3-4-11(12(9-10)20-2)13(14(15)18)17-7-5-16-6-8-17/h3-4,9,13,16H,5-8H2,1-2H3,(H2,15,18). The van der Waals surface area contributed by atoms with Crippen molar-refractivity contribution in [2.24, 2.45) is 5.73 Å². The van der Waals surface area contributed by atoms with E-state index in [0.29, 0.717) is 11.5 Å². The maximum absolute atomic E-state index is 11.9. The van der Waals surface area contributed by atoms with E-state index in [2.05, 4.69) is 10.2 Å². The highest BCUT2D eigenvalue weighted by Crippen LogP contribution is 2.32. The molecule has 110 valence electrons. The first-order chi connectivity index (χ1) is 9.67. The number of methoxy groups -OCH3 is 2. The molecular weight excluding hydrogens is 258 g/mol. The predicted octanol–water partition coefficient (Wildman–Crippen LogP) is 0.135. The van der Waals surface area contributed by atoms with Gasteiger partial charge in [-0.25, -0.2) is 0 Å². The predicted molar refractivity (Wildman–Crippen MR) is 75.9 cm³/mol.